The van der Waals surface area contributed by atoms with Gasteiger partial charge in [0.15, 0.2) is 11.6 Å². The third-order valence-corrected chi connectivity index (χ3v) is 3.99. The Labute approximate surface area is 136 Å². The molecule has 3 rings (SSSR count). The Morgan fingerprint density at radius 3 is 2.00 bits per heavy atom. The molecule has 0 aromatic heterocycles. The van der Waals surface area contributed by atoms with Crippen molar-refractivity contribution in [3.8, 4) is 0 Å². The number of amides is 1. The van der Waals surface area contributed by atoms with Crippen LogP contribution in [0.2, 0.25) is 0 Å². The summed E-state index contributed by atoms with van der Waals surface area (Å²) in [5.74, 6) is -3.87. The van der Waals surface area contributed by atoms with Crippen LogP contribution in [0.15, 0.2) is 36.4 Å². The number of halogens is 4. The van der Waals surface area contributed by atoms with Gasteiger partial charge in [0.1, 0.15) is 17.3 Å². The highest BCUT2D eigenvalue weighted by Gasteiger charge is 2.25. The fourth-order valence-electron chi connectivity index (χ4n) is 2.74. The summed E-state index contributed by atoms with van der Waals surface area (Å²) in [4.78, 5) is 15.3. The van der Waals surface area contributed by atoms with E-state index >= 15 is 0 Å². The number of rotatable bonds is 2. The molecule has 3 nitrogen and oxygen atoms in total. The summed E-state index contributed by atoms with van der Waals surface area (Å²) >= 11 is 0. The lowest BCUT2D eigenvalue weighted by atomic mass is 10.1. The second-order valence-electron chi connectivity index (χ2n) is 5.48. The van der Waals surface area contributed by atoms with Crippen LogP contribution in [0.5, 0.6) is 0 Å². The molecule has 0 aliphatic carbocycles. The molecule has 0 unspecified atom stereocenters. The van der Waals surface area contributed by atoms with Crippen LogP contribution in [0.4, 0.5) is 23.2 Å². The summed E-state index contributed by atoms with van der Waals surface area (Å²) in [6.45, 7) is 0.942. The zero-order valence-electron chi connectivity index (χ0n) is 12.6. The highest BCUT2D eigenvalue weighted by Crippen LogP contribution is 2.24. The first-order chi connectivity index (χ1) is 11.5. The standard InChI is InChI=1S/C17H14F4N2O/c18-12-5-4-11(10-15(12)21)17(24)23-8-6-22(7-9-23)16-13(19)2-1-3-14(16)20/h1-5,10H,6-9H2. The molecule has 126 valence electrons. The second-order valence-corrected chi connectivity index (χ2v) is 5.48. The molecule has 0 spiro atoms. The van der Waals surface area contributed by atoms with Crippen LogP contribution in [-0.2, 0) is 0 Å². The van der Waals surface area contributed by atoms with Crippen LogP contribution in [0.1, 0.15) is 10.4 Å². The topological polar surface area (TPSA) is 23.6 Å². The van der Waals surface area contributed by atoms with E-state index in [9.17, 15) is 22.4 Å². The molecule has 1 amide bonds. The van der Waals surface area contributed by atoms with Crippen molar-refractivity contribution >= 4 is 11.6 Å². The van der Waals surface area contributed by atoms with Gasteiger partial charge in [0.05, 0.1) is 0 Å². The fraction of sp³-hybridized carbons (Fsp3) is 0.235. The molecule has 1 heterocycles. The lowest BCUT2D eigenvalue weighted by Gasteiger charge is -2.36. The number of nitrogens with zero attached hydrogens (tertiary/aromatic N) is 2. The van der Waals surface area contributed by atoms with Crippen LogP contribution < -0.4 is 4.90 Å². The van der Waals surface area contributed by atoms with Crippen LogP contribution in [0, 0.1) is 23.3 Å². The first-order valence-corrected chi connectivity index (χ1v) is 7.40. The van der Waals surface area contributed by atoms with E-state index < -0.39 is 29.2 Å². The summed E-state index contributed by atoms with van der Waals surface area (Å²) in [6.07, 6.45) is 0. The normalized spacial score (nSPS) is 14.8. The number of hydrogen-bond donors (Lipinski definition) is 0. The van der Waals surface area contributed by atoms with E-state index in [1.54, 1.807) is 0 Å². The van der Waals surface area contributed by atoms with Crippen molar-refractivity contribution in [2.24, 2.45) is 0 Å². The SMILES string of the molecule is O=C(c1ccc(F)c(F)c1)N1CCN(c2c(F)cccc2F)CC1. The third-order valence-electron chi connectivity index (χ3n) is 3.99. The lowest BCUT2D eigenvalue weighted by molar-refractivity contribution is 0.0746. The van der Waals surface area contributed by atoms with Crippen molar-refractivity contribution in [2.75, 3.05) is 31.1 Å². The van der Waals surface area contributed by atoms with E-state index in [1.807, 2.05) is 0 Å². The Balaban J connectivity index is 1.70. The van der Waals surface area contributed by atoms with E-state index in [4.69, 9.17) is 0 Å². The van der Waals surface area contributed by atoms with Gasteiger partial charge in [0.25, 0.3) is 5.91 Å². The molecule has 1 saturated heterocycles. The van der Waals surface area contributed by atoms with Crippen molar-refractivity contribution in [1.82, 2.24) is 4.90 Å². The molecule has 2 aromatic carbocycles. The van der Waals surface area contributed by atoms with Gasteiger partial charge in [-0.15, -0.1) is 0 Å². The molecule has 7 heteroatoms. The molecule has 1 fully saturated rings. The average Bonchev–Trinajstić information content (AvgIpc) is 2.57. The number of carbonyl (C=O) groups is 1. The zero-order chi connectivity index (χ0) is 17.3. The van der Waals surface area contributed by atoms with Crippen molar-refractivity contribution < 1.29 is 22.4 Å². The molecule has 0 saturated carbocycles. The first kappa shape index (κ1) is 16.3. The van der Waals surface area contributed by atoms with Crippen LogP contribution in [0.25, 0.3) is 0 Å². The Bertz CT molecular complexity index is 753. The number of para-hydroxylation sites is 1. The summed E-state index contributed by atoms with van der Waals surface area (Å²) < 4.78 is 53.8. The Morgan fingerprint density at radius 1 is 0.792 bits per heavy atom. The van der Waals surface area contributed by atoms with Crippen LogP contribution in [0.3, 0.4) is 0 Å². The van der Waals surface area contributed by atoms with Gasteiger partial charge in [-0.1, -0.05) is 6.07 Å². The number of hydrogen-bond acceptors (Lipinski definition) is 2. The van der Waals surface area contributed by atoms with Gasteiger partial charge in [-0.05, 0) is 30.3 Å². The fourth-order valence-corrected chi connectivity index (χ4v) is 2.74. The molecule has 0 N–H and O–H groups in total. The highest BCUT2D eigenvalue weighted by atomic mass is 19.2. The molecule has 0 atom stereocenters. The molecule has 0 radical (unpaired) electrons. The predicted octanol–water partition coefficient (Wildman–Crippen LogP) is 3.21. The van der Waals surface area contributed by atoms with Gasteiger partial charge in [-0.2, -0.15) is 0 Å². The van der Waals surface area contributed by atoms with Crippen molar-refractivity contribution in [3.05, 3.63) is 65.2 Å². The Kier molecular flexibility index (Phi) is 4.42. The zero-order valence-corrected chi connectivity index (χ0v) is 12.6. The van der Waals surface area contributed by atoms with E-state index in [1.165, 1.54) is 34.1 Å². The van der Waals surface area contributed by atoms with E-state index in [0.29, 0.717) is 0 Å². The van der Waals surface area contributed by atoms with Gasteiger partial charge < -0.3 is 9.80 Å². The lowest BCUT2D eigenvalue weighted by Crippen LogP contribution is -2.49. The molecular formula is C17H14F4N2O. The monoisotopic (exact) mass is 338 g/mol. The maximum atomic E-state index is 13.8. The van der Waals surface area contributed by atoms with Gasteiger partial charge >= 0.3 is 0 Å². The minimum atomic E-state index is -1.09. The number of anilines is 1. The third kappa shape index (κ3) is 3.06. The maximum absolute atomic E-state index is 13.8. The number of piperazine rings is 1. The molecule has 2 aromatic rings. The number of benzene rings is 2. The summed E-state index contributed by atoms with van der Waals surface area (Å²) in [5.41, 5.74) is -0.0724. The Hall–Kier alpha value is -2.57. The van der Waals surface area contributed by atoms with Gasteiger partial charge in [-0.3, -0.25) is 4.79 Å². The second kappa shape index (κ2) is 6.51. The number of carbonyl (C=O) groups excluding carboxylic acids is 1. The van der Waals surface area contributed by atoms with Gasteiger partial charge in [-0.25, -0.2) is 17.6 Å². The minimum absolute atomic E-state index is 0.0411. The summed E-state index contributed by atoms with van der Waals surface area (Å²) in [7, 11) is 0. The van der Waals surface area contributed by atoms with Gasteiger partial charge in [0.2, 0.25) is 0 Å². The average molecular weight is 338 g/mol. The van der Waals surface area contributed by atoms with Crippen LogP contribution in [-0.4, -0.2) is 37.0 Å². The minimum Gasteiger partial charge on any atom is -0.363 e. The largest absolute Gasteiger partial charge is 0.363 e. The van der Waals surface area contributed by atoms with E-state index in [-0.39, 0.29) is 37.4 Å². The summed E-state index contributed by atoms with van der Waals surface area (Å²) in [6, 6.07) is 6.60. The van der Waals surface area contributed by atoms with Crippen molar-refractivity contribution in [3.63, 3.8) is 0 Å². The molecule has 1 aliphatic rings. The molecule has 0 bridgehead atoms. The maximum Gasteiger partial charge on any atom is 0.254 e. The van der Waals surface area contributed by atoms with E-state index in [2.05, 4.69) is 0 Å². The summed E-state index contributed by atoms with van der Waals surface area (Å²) in [5, 5.41) is 0. The predicted molar refractivity (Wildman–Crippen MR) is 80.8 cm³/mol. The Morgan fingerprint density at radius 2 is 1.42 bits per heavy atom. The van der Waals surface area contributed by atoms with Gasteiger partial charge in [0, 0.05) is 31.7 Å². The molecule has 24 heavy (non-hydrogen) atoms. The quantitative estimate of drug-likeness (QED) is 0.785. The van der Waals surface area contributed by atoms with Crippen molar-refractivity contribution in [1.29, 1.82) is 0 Å². The first-order valence-electron chi connectivity index (χ1n) is 7.40. The molecular weight excluding hydrogens is 324 g/mol. The molecule has 1 aliphatic heterocycles. The van der Waals surface area contributed by atoms with Crippen molar-refractivity contribution in [2.45, 2.75) is 0 Å². The highest BCUT2D eigenvalue weighted by molar-refractivity contribution is 5.94. The van der Waals surface area contributed by atoms with Crippen LogP contribution >= 0.6 is 0 Å². The van der Waals surface area contributed by atoms with E-state index in [0.717, 1.165) is 12.1 Å². The smallest absolute Gasteiger partial charge is 0.254 e.